The van der Waals surface area contributed by atoms with Crippen LogP contribution < -0.4 is 10.9 Å². The zero-order valence-electron chi connectivity index (χ0n) is 15.3. The predicted octanol–water partition coefficient (Wildman–Crippen LogP) is 4.75. The van der Waals surface area contributed by atoms with Crippen LogP contribution in [0.15, 0.2) is 71.7 Å². The van der Waals surface area contributed by atoms with Crippen molar-refractivity contribution in [3.8, 4) is 11.4 Å². The standard InChI is InChI=1S/C21H12Cl2N6O/c22-14-8-5-7-13(17(14)23)18-27-19-12-6-1-2-9-15(12)25-21(29(19)28-18)26-16-10-3-4-11-24-20(16)30/h1-11H,(H,24,25,26,30). The van der Waals surface area contributed by atoms with Gasteiger partial charge in [0, 0.05) is 17.1 Å². The number of nitrogens with zero attached hydrogens (tertiary/aromatic N) is 5. The molecule has 0 spiro atoms. The van der Waals surface area contributed by atoms with Crippen molar-refractivity contribution in [2.45, 2.75) is 0 Å². The molecular formula is C21H12Cl2N6O. The lowest BCUT2D eigenvalue weighted by atomic mass is 10.2. The van der Waals surface area contributed by atoms with Crippen LogP contribution in [0.5, 0.6) is 0 Å². The zero-order valence-corrected chi connectivity index (χ0v) is 16.8. The fraction of sp³-hybridized carbons (Fsp3) is 0. The summed E-state index contributed by atoms with van der Waals surface area (Å²) in [7, 11) is 0. The third kappa shape index (κ3) is 3.14. The molecule has 146 valence electrons. The van der Waals surface area contributed by atoms with E-state index in [1.807, 2.05) is 24.3 Å². The second-order valence-corrected chi connectivity index (χ2v) is 7.18. The first-order valence-electron chi connectivity index (χ1n) is 8.94. The molecule has 3 aromatic heterocycles. The molecule has 0 atom stereocenters. The number of aromatic nitrogens is 5. The molecule has 5 rings (SSSR count). The zero-order chi connectivity index (χ0) is 20.7. The van der Waals surface area contributed by atoms with E-state index in [2.05, 4.69) is 25.4 Å². The molecule has 0 unspecified atom stereocenters. The quantitative estimate of drug-likeness (QED) is 0.440. The van der Waals surface area contributed by atoms with Crippen molar-refractivity contribution >= 4 is 51.4 Å². The summed E-state index contributed by atoms with van der Waals surface area (Å²) < 4.78 is 1.54. The normalized spacial score (nSPS) is 11.1. The maximum absolute atomic E-state index is 12.3. The van der Waals surface area contributed by atoms with Gasteiger partial charge >= 0.3 is 0 Å². The van der Waals surface area contributed by atoms with Gasteiger partial charge in [0.15, 0.2) is 11.5 Å². The van der Waals surface area contributed by atoms with E-state index < -0.39 is 5.56 Å². The van der Waals surface area contributed by atoms with Gasteiger partial charge in [0.1, 0.15) is 5.69 Å². The van der Waals surface area contributed by atoms with Crippen LogP contribution in [0.4, 0.5) is 11.6 Å². The van der Waals surface area contributed by atoms with E-state index in [9.17, 15) is 4.79 Å². The lowest BCUT2D eigenvalue weighted by Crippen LogP contribution is -2.11. The summed E-state index contributed by atoms with van der Waals surface area (Å²) >= 11 is 12.5. The van der Waals surface area contributed by atoms with Gasteiger partial charge < -0.3 is 5.32 Å². The molecule has 0 radical (unpaired) electrons. The van der Waals surface area contributed by atoms with Crippen LogP contribution in [0.25, 0.3) is 27.9 Å². The summed E-state index contributed by atoms with van der Waals surface area (Å²) in [6, 6.07) is 17.8. The number of rotatable bonds is 3. The highest BCUT2D eigenvalue weighted by atomic mass is 35.5. The molecule has 0 saturated carbocycles. The molecule has 0 amide bonds. The highest BCUT2D eigenvalue weighted by Gasteiger charge is 2.17. The summed E-state index contributed by atoms with van der Waals surface area (Å²) in [5.41, 5.74) is 1.71. The predicted molar refractivity (Wildman–Crippen MR) is 118 cm³/mol. The van der Waals surface area contributed by atoms with E-state index in [4.69, 9.17) is 23.2 Å². The molecule has 0 saturated heterocycles. The Morgan fingerprint density at radius 1 is 0.900 bits per heavy atom. The van der Waals surface area contributed by atoms with Crippen molar-refractivity contribution in [1.29, 1.82) is 0 Å². The maximum atomic E-state index is 12.3. The summed E-state index contributed by atoms with van der Waals surface area (Å²) in [6.07, 6.45) is 1.44. The van der Waals surface area contributed by atoms with Crippen LogP contribution in [0.1, 0.15) is 0 Å². The lowest BCUT2D eigenvalue weighted by molar-refractivity contribution is 0.947. The Morgan fingerprint density at radius 3 is 2.63 bits per heavy atom. The van der Waals surface area contributed by atoms with Gasteiger partial charge in [-0.25, -0.2) is 15.0 Å². The van der Waals surface area contributed by atoms with Crippen LogP contribution >= 0.6 is 23.2 Å². The molecule has 9 heteroatoms. The smallest absolute Gasteiger partial charge is 0.293 e. The summed E-state index contributed by atoms with van der Waals surface area (Å²) in [5, 5.41) is 9.20. The molecular weight excluding hydrogens is 423 g/mol. The average Bonchev–Trinajstić information content (AvgIpc) is 3.10. The van der Waals surface area contributed by atoms with Gasteiger partial charge in [0.05, 0.1) is 15.6 Å². The summed E-state index contributed by atoms with van der Waals surface area (Å²) in [6.45, 7) is 0. The Bertz CT molecular complexity index is 1480. The molecule has 0 aliphatic carbocycles. The van der Waals surface area contributed by atoms with Crippen molar-refractivity contribution in [3.63, 3.8) is 0 Å². The monoisotopic (exact) mass is 434 g/mol. The van der Waals surface area contributed by atoms with Gasteiger partial charge in [-0.15, -0.1) is 5.10 Å². The minimum absolute atomic E-state index is 0.266. The summed E-state index contributed by atoms with van der Waals surface area (Å²) in [4.78, 5) is 25.4. The number of benzene rings is 2. The van der Waals surface area contributed by atoms with Crippen LogP contribution in [-0.4, -0.2) is 24.6 Å². The molecule has 30 heavy (non-hydrogen) atoms. The molecule has 0 bridgehead atoms. The van der Waals surface area contributed by atoms with Gasteiger partial charge in [-0.1, -0.05) is 47.5 Å². The maximum Gasteiger partial charge on any atom is 0.293 e. The van der Waals surface area contributed by atoms with Gasteiger partial charge in [0.25, 0.3) is 5.56 Å². The van der Waals surface area contributed by atoms with Crippen molar-refractivity contribution in [2.24, 2.45) is 0 Å². The van der Waals surface area contributed by atoms with Gasteiger partial charge in [-0.3, -0.25) is 4.79 Å². The first kappa shape index (κ1) is 18.5. The molecule has 7 nitrogen and oxygen atoms in total. The number of halogens is 2. The van der Waals surface area contributed by atoms with Crippen LogP contribution in [0, 0.1) is 0 Å². The Labute approximate surface area is 180 Å². The second-order valence-electron chi connectivity index (χ2n) is 6.40. The third-order valence-electron chi connectivity index (χ3n) is 4.50. The van der Waals surface area contributed by atoms with Crippen molar-refractivity contribution in [2.75, 3.05) is 5.32 Å². The molecule has 0 aliphatic rings. The average molecular weight is 435 g/mol. The fourth-order valence-electron chi connectivity index (χ4n) is 3.10. The van der Waals surface area contributed by atoms with Gasteiger partial charge in [-0.2, -0.15) is 4.52 Å². The van der Waals surface area contributed by atoms with E-state index in [1.165, 1.54) is 6.20 Å². The molecule has 2 aromatic carbocycles. The molecule has 5 aromatic rings. The van der Waals surface area contributed by atoms with E-state index in [0.717, 1.165) is 5.39 Å². The highest BCUT2D eigenvalue weighted by molar-refractivity contribution is 6.43. The third-order valence-corrected chi connectivity index (χ3v) is 5.32. The minimum Gasteiger partial charge on any atom is -0.319 e. The minimum atomic E-state index is -0.415. The molecule has 1 N–H and O–H groups in total. The Balaban J connectivity index is 1.78. The summed E-state index contributed by atoms with van der Waals surface area (Å²) in [5.74, 6) is 0.716. The Morgan fingerprint density at radius 2 is 1.73 bits per heavy atom. The SMILES string of the molecule is O=c1nccccc1Nc1nc2ccccc2c2nc(-c3cccc(Cl)c3Cl)nn12. The van der Waals surface area contributed by atoms with Gasteiger partial charge in [-0.05, 0) is 36.4 Å². The van der Waals surface area contributed by atoms with Crippen LogP contribution in [-0.2, 0) is 0 Å². The van der Waals surface area contributed by atoms with Crippen LogP contribution in [0.3, 0.4) is 0 Å². The Hall–Kier alpha value is -3.55. The largest absolute Gasteiger partial charge is 0.319 e. The van der Waals surface area contributed by atoms with Crippen molar-refractivity contribution < 1.29 is 0 Å². The van der Waals surface area contributed by atoms with Crippen molar-refractivity contribution in [1.82, 2.24) is 24.6 Å². The van der Waals surface area contributed by atoms with E-state index in [0.29, 0.717) is 38.5 Å². The highest BCUT2D eigenvalue weighted by Crippen LogP contribution is 2.33. The Kier molecular flexibility index (Phi) is 4.54. The topological polar surface area (TPSA) is 85.1 Å². The van der Waals surface area contributed by atoms with E-state index in [-0.39, 0.29) is 5.69 Å². The van der Waals surface area contributed by atoms with E-state index in [1.54, 1.807) is 40.9 Å². The molecule has 0 fully saturated rings. The number of anilines is 2. The number of fused-ring (bicyclic) bond motifs is 3. The van der Waals surface area contributed by atoms with Crippen LogP contribution in [0.2, 0.25) is 10.0 Å². The lowest BCUT2D eigenvalue weighted by Gasteiger charge is -2.07. The molecule has 0 aliphatic heterocycles. The molecule has 3 heterocycles. The van der Waals surface area contributed by atoms with Gasteiger partial charge in [0.2, 0.25) is 5.95 Å². The fourth-order valence-corrected chi connectivity index (χ4v) is 3.48. The number of hydrogen-bond acceptors (Lipinski definition) is 6. The van der Waals surface area contributed by atoms with Crippen molar-refractivity contribution in [3.05, 3.63) is 87.3 Å². The first-order valence-corrected chi connectivity index (χ1v) is 9.70. The number of nitrogens with one attached hydrogen (secondary N) is 1. The second kappa shape index (κ2) is 7.37. The number of para-hydroxylation sites is 1. The van der Waals surface area contributed by atoms with E-state index >= 15 is 0 Å². The first-order chi connectivity index (χ1) is 14.6. The number of hydrogen-bond donors (Lipinski definition) is 1.